The maximum absolute atomic E-state index is 12.9. The molecule has 1 aromatic heterocycles. The van der Waals surface area contributed by atoms with Gasteiger partial charge in [-0.05, 0) is 12.1 Å². The Morgan fingerprint density at radius 3 is 2.79 bits per heavy atom. The van der Waals surface area contributed by atoms with Crippen molar-refractivity contribution in [2.45, 2.75) is 5.25 Å². The highest BCUT2D eigenvalue weighted by atomic mass is 32.2. The molecule has 9 heteroatoms. The highest BCUT2D eigenvalue weighted by molar-refractivity contribution is 7.94. The third-order valence-electron chi connectivity index (χ3n) is 2.14. The van der Waals surface area contributed by atoms with E-state index in [1.165, 1.54) is 24.3 Å². The third kappa shape index (κ3) is 2.70. The standard InChI is InChI=1S/C10H5F3N2O3S/c11-10(12,19-13)9-14-7(15-18-9)5-2-1-3-6(4-5)8(16)17/h1-4H,(H,16,17). The van der Waals surface area contributed by atoms with Crippen LogP contribution in [0.3, 0.4) is 0 Å². The molecular weight excluding hydrogens is 285 g/mol. The number of halogens is 3. The summed E-state index contributed by atoms with van der Waals surface area (Å²) in [6.45, 7) is 0. The number of aromatic nitrogens is 2. The van der Waals surface area contributed by atoms with Gasteiger partial charge in [0, 0.05) is 5.56 Å². The number of nitrogens with zero attached hydrogens (tertiary/aromatic N) is 2. The van der Waals surface area contributed by atoms with Crippen LogP contribution in [0.4, 0.5) is 12.7 Å². The highest BCUT2D eigenvalue weighted by Crippen LogP contribution is 2.39. The van der Waals surface area contributed by atoms with Crippen molar-refractivity contribution < 1.29 is 27.1 Å². The first-order valence-electron chi connectivity index (χ1n) is 4.79. The van der Waals surface area contributed by atoms with Crippen molar-refractivity contribution >= 4 is 18.1 Å². The molecule has 1 N–H and O–H groups in total. The highest BCUT2D eigenvalue weighted by Gasteiger charge is 2.41. The first-order chi connectivity index (χ1) is 8.94. The maximum Gasteiger partial charge on any atom is 0.399 e. The van der Waals surface area contributed by atoms with Crippen LogP contribution in [0.1, 0.15) is 16.2 Å². The van der Waals surface area contributed by atoms with Gasteiger partial charge in [-0.1, -0.05) is 17.3 Å². The number of benzene rings is 1. The zero-order chi connectivity index (χ0) is 14.0. The molecular formula is C10H5F3N2O3S. The lowest BCUT2D eigenvalue weighted by atomic mass is 10.1. The molecule has 2 rings (SSSR count). The first-order valence-corrected chi connectivity index (χ1v) is 5.51. The summed E-state index contributed by atoms with van der Waals surface area (Å²) in [6, 6.07) is 5.33. The van der Waals surface area contributed by atoms with Crippen molar-refractivity contribution in [1.82, 2.24) is 10.1 Å². The number of rotatable bonds is 4. The molecule has 0 saturated carbocycles. The van der Waals surface area contributed by atoms with Gasteiger partial charge in [0.2, 0.25) is 5.82 Å². The fourth-order valence-electron chi connectivity index (χ4n) is 1.28. The lowest BCUT2D eigenvalue weighted by molar-refractivity contribution is 0.0610. The minimum absolute atomic E-state index is 0.0597. The van der Waals surface area contributed by atoms with Gasteiger partial charge < -0.3 is 9.63 Å². The minimum atomic E-state index is -3.93. The Bertz CT molecular complexity index is 618. The van der Waals surface area contributed by atoms with Crippen LogP contribution in [-0.2, 0) is 5.25 Å². The molecule has 0 aliphatic heterocycles. The van der Waals surface area contributed by atoms with Gasteiger partial charge in [0.1, 0.15) is 12.1 Å². The number of carbonyl (C=O) groups is 1. The molecule has 2 aromatic rings. The van der Waals surface area contributed by atoms with Crippen molar-refractivity contribution in [3.63, 3.8) is 0 Å². The second-order valence-corrected chi connectivity index (χ2v) is 4.07. The lowest BCUT2D eigenvalue weighted by Crippen LogP contribution is -2.06. The molecule has 0 aliphatic rings. The van der Waals surface area contributed by atoms with Gasteiger partial charge in [0.15, 0.2) is 0 Å². The molecule has 0 spiro atoms. The molecule has 0 radical (unpaired) electrons. The summed E-state index contributed by atoms with van der Waals surface area (Å²) < 4.78 is 42.1. The number of aromatic carboxylic acids is 1. The van der Waals surface area contributed by atoms with Gasteiger partial charge in [-0.3, -0.25) is 0 Å². The van der Waals surface area contributed by atoms with Gasteiger partial charge >= 0.3 is 17.1 Å². The Morgan fingerprint density at radius 2 is 2.16 bits per heavy atom. The predicted octanol–water partition coefficient (Wildman–Crippen LogP) is 3.10. The molecule has 0 fully saturated rings. The van der Waals surface area contributed by atoms with Crippen LogP contribution in [-0.4, -0.2) is 21.2 Å². The SMILES string of the molecule is O=C(O)c1cccc(-c2noc(C(F)(F)SF)n2)c1. The molecule has 1 aromatic carbocycles. The van der Waals surface area contributed by atoms with Crippen LogP contribution in [0.25, 0.3) is 11.4 Å². The van der Waals surface area contributed by atoms with Crippen LogP contribution in [0.2, 0.25) is 0 Å². The second kappa shape index (κ2) is 4.92. The average molecular weight is 290 g/mol. The summed E-state index contributed by atoms with van der Waals surface area (Å²) in [5, 5.41) is 8.12. The average Bonchev–Trinajstić information content (AvgIpc) is 2.89. The van der Waals surface area contributed by atoms with E-state index in [4.69, 9.17) is 5.11 Å². The van der Waals surface area contributed by atoms with E-state index in [2.05, 4.69) is 14.7 Å². The maximum atomic E-state index is 12.9. The first kappa shape index (κ1) is 13.4. The third-order valence-corrected chi connectivity index (χ3v) is 2.51. The zero-order valence-corrected chi connectivity index (χ0v) is 9.83. The van der Waals surface area contributed by atoms with E-state index in [1.54, 1.807) is 0 Å². The molecule has 19 heavy (non-hydrogen) atoms. The van der Waals surface area contributed by atoms with Gasteiger partial charge in [0.05, 0.1) is 5.56 Å². The number of alkyl halides is 2. The van der Waals surface area contributed by atoms with E-state index in [0.29, 0.717) is 0 Å². The summed E-state index contributed by atoms with van der Waals surface area (Å²) in [5.74, 6) is -2.61. The minimum Gasteiger partial charge on any atom is -0.478 e. The summed E-state index contributed by atoms with van der Waals surface area (Å²) in [5.41, 5.74) is 0.116. The predicted molar refractivity (Wildman–Crippen MR) is 59.3 cm³/mol. The number of hydrogen-bond donors (Lipinski definition) is 1. The van der Waals surface area contributed by atoms with Crippen molar-refractivity contribution in [2.75, 3.05) is 0 Å². The van der Waals surface area contributed by atoms with Gasteiger partial charge in [0.25, 0.3) is 0 Å². The summed E-state index contributed by atoms with van der Waals surface area (Å²) in [4.78, 5) is 14.1. The molecule has 1 heterocycles. The molecule has 0 unspecified atom stereocenters. The zero-order valence-electron chi connectivity index (χ0n) is 9.01. The Hall–Kier alpha value is -2.03. The fraction of sp³-hybridized carbons (Fsp3) is 0.100. The van der Waals surface area contributed by atoms with E-state index in [1.807, 2.05) is 0 Å². The molecule has 5 nitrogen and oxygen atoms in total. The summed E-state index contributed by atoms with van der Waals surface area (Å²) in [6.07, 6.45) is 0. The van der Waals surface area contributed by atoms with Crippen molar-refractivity contribution in [1.29, 1.82) is 0 Å². The van der Waals surface area contributed by atoms with E-state index in [9.17, 15) is 17.5 Å². The van der Waals surface area contributed by atoms with Crippen LogP contribution < -0.4 is 0 Å². The van der Waals surface area contributed by atoms with Gasteiger partial charge in [-0.2, -0.15) is 17.7 Å². The van der Waals surface area contributed by atoms with E-state index in [-0.39, 0.29) is 17.0 Å². The molecule has 0 atom stereocenters. The fourth-order valence-corrected chi connectivity index (χ4v) is 1.43. The second-order valence-electron chi connectivity index (χ2n) is 3.40. The molecule has 0 amide bonds. The quantitative estimate of drug-likeness (QED) is 0.932. The number of carboxylic acid groups (broad SMARTS) is 1. The molecule has 0 saturated heterocycles. The van der Waals surface area contributed by atoms with E-state index < -0.39 is 29.3 Å². The Kier molecular flexibility index (Phi) is 3.47. The monoisotopic (exact) mass is 290 g/mol. The Morgan fingerprint density at radius 1 is 1.42 bits per heavy atom. The van der Waals surface area contributed by atoms with Crippen molar-refractivity contribution in [3.8, 4) is 11.4 Å². The topological polar surface area (TPSA) is 76.2 Å². The Labute approximate surface area is 108 Å². The van der Waals surface area contributed by atoms with E-state index in [0.717, 1.165) is 0 Å². The van der Waals surface area contributed by atoms with Crippen LogP contribution in [0.15, 0.2) is 28.8 Å². The van der Waals surface area contributed by atoms with Crippen molar-refractivity contribution in [3.05, 3.63) is 35.7 Å². The smallest absolute Gasteiger partial charge is 0.399 e. The van der Waals surface area contributed by atoms with E-state index >= 15 is 0 Å². The van der Waals surface area contributed by atoms with Crippen LogP contribution >= 0.6 is 12.1 Å². The van der Waals surface area contributed by atoms with Crippen molar-refractivity contribution in [2.24, 2.45) is 0 Å². The number of hydrogen-bond acceptors (Lipinski definition) is 5. The normalized spacial score (nSPS) is 11.5. The van der Waals surface area contributed by atoms with Gasteiger partial charge in [-0.25, -0.2) is 4.79 Å². The molecule has 100 valence electrons. The van der Waals surface area contributed by atoms with Crippen LogP contribution in [0, 0.1) is 0 Å². The summed E-state index contributed by atoms with van der Waals surface area (Å²) >= 11 is -1.23. The molecule has 0 aliphatic carbocycles. The van der Waals surface area contributed by atoms with Crippen LogP contribution in [0.5, 0.6) is 0 Å². The number of carboxylic acids is 1. The van der Waals surface area contributed by atoms with Gasteiger partial charge in [-0.15, -0.1) is 0 Å². The summed E-state index contributed by atoms with van der Waals surface area (Å²) in [7, 11) is 0. The Balaban J connectivity index is 2.38. The molecule has 0 bridgehead atoms. The lowest BCUT2D eigenvalue weighted by Gasteiger charge is -2.02. The largest absolute Gasteiger partial charge is 0.478 e.